The number of Topliss-reactive ketones (excluding diaryl/α,β-unsaturated/α-hetero) is 1. The molecule has 0 saturated heterocycles. The van der Waals surface area contributed by atoms with Crippen LogP contribution in [0.25, 0.3) is 22.2 Å². The quantitative estimate of drug-likeness (QED) is 0.398. The van der Waals surface area contributed by atoms with Gasteiger partial charge in [0.05, 0.1) is 0 Å². The Morgan fingerprint density at radius 2 is 2.03 bits per heavy atom. The van der Waals surface area contributed by atoms with E-state index < -0.39 is 0 Å². The fourth-order valence-corrected chi connectivity index (χ4v) is 5.80. The first-order valence-electron chi connectivity index (χ1n) is 12.7. The van der Waals surface area contributed by atoms with Gasteiger partial charge in [-0.3, -0.25) is 14.6 Å². The lowest BCUT2D eigenvalue weighted by Crippen LogP contribution is -2.30. The number of rotatable bonds is 6. The molecule has 3 aromatic rings. The average molecular weight is 476 g/mol. The molecule has 6 rings (SSSR count). The number of nitrogens with zero attached hydrogens (tertiary/aromatic N) is 1. The number of anilines is 1. The summed E-state index contributed by atoms with van der Waals surface area (Å²) < 4.78 is 0. The third-order valence-electron chi connectivity index (χ3n) is 7.84. The Kier molecular flexibility index (Phi) is 5.58. The molecule has 36 heavy (non-hydrogen) atoms. The van der Waals surface area contributed by atoms with Crippen molar-refractivity contribution in [2.75, 3.05) is 5.32 Å². The van der Waals surface area contributed by atoms with Gasteiger partial charge in [0.15, 0.2) is 0 Å². The van der Waals surface area contributed by atoms with Crippen molar-refractivity contribution < 1.29 is 9.59 Å². The molecule has 3 aliphatic rings. The maximum atomic E-state index is 13.4. The number of hydrogen-bond donors (Lipinski definition) is 2. The highest BCUT2D eigenvalue weighted by Gasteiger charge is 2.46. The number of aromatic amines is 1. The first-order chi connectivity index (χ1) is 17.5. The van der Waals surface area contributed by atoms with Gasteiger partial charge in [0.1, 0.15) is 11.5 Å². The predicted octanol–water partition coefficient (Wildman–Crippen LogP) is 6.54. The Hall–Kier alpha value is -3.95. The van der Waals surface area contributed by atoms with Gasteiger partial charge >= 0.3 is 0 Å². The van der Waals surface area contributed by atoms with E-state index in [0.717, 1.165) is 59.1 Å². The van der Waals surface area contributed by atoms with Gasteiger partial charge in [0, 0.05) is 40.3 Å². The number of H-pyrrole nitrogens is 1. The number of nitrogens with one attached hydrogen (secondary N) is 2. The van der Waals surface area contributed by atoms with Gasteiger partial charge in [-0.25, -0.2) is 0 Å². The summed E-state index contributed by atoms with van der Waals surface area (Å²) in [4.78, 5) is 33.4. The minimum atomic E-state index is -0.226. The van der Waals surface area contributed by atoms with E-state index in [4.69, 9.17) is 0 Å². The molecule has 5 nitrogen and oxygen atoms in total. The zero-order chi connectivity index (χ0) is 24.7. The normalized spacial score (nSPS) is 22.4. The smallest absolute Gasteiger partial charge is 0.270 e. The SMILES string of the molecule is CC1CC2(C(=O)Cc3ccc4[nH]c(-c5ccc(NC(=O)C6=NC=CCC6)cc5)cc4c3)CC=C=C1C2. The Morgan fingerprint density at radius 1 is 1.17 bits per heavy atom. The number of fused-ring (bicyclic) bond motifs is 3. The van der Waals surface area contributed by atoms with Crippen molar-refractivity contribution in [2.45, 2.75) is 45.4 Å². The van der Waals surface area contributed by atoms with Crippen LogP contribution in [0.2, 0.25) is 0 Å². The van der Waals surface area contributed by atoms with Gasteiger partial charge in [-0.15, -0.1) is 5.73 Å². The molecular weight excluding hydrogens is 446 g/mol. The molecule has 1 saturated carbocycles. The lowest BCUT2D eigenvalue weighted by atomic mass is 9.75. The summed E-state index contributed by atoms with van der Waals surface area (Å²) in [5, 5.41) is 4.02. The molecule has 2 heterocycles. The topological polar surface area (TPSA) is 74.3 Å². The molecule has 2 atom stereocenters. The molecule has 2 N–H and O–H groups in total. The largest absolute Gasteiger partial charge is 0.355 e. The van der Waals surface area contributed by atoms with Crippen molar-refractivity contribution in [2.24, 2.45) is 16.3 Å². The highest BCUT2D eigenvalue weighted by Crippen LogP contribution is 2.50. The van der Waals surface area contributed by atoms with Crippen LogP contribution in [0.15, 0.2) is 83.2 Å². The van der Waals surface area contributed by atoms with E-state index in [2.05, 4.69) is 58.3 Å². The number of hydrogen-bond acceptors (Lipinski definition) is 3. The van der Waals surface area contributed by atoms with Gasteiger partial charge in [-0.2, -0.15) is 0 Å². The number of allylic oxidation sites excluding steroid dienone is 2. The second kappa shape index (κ2) is 8.92. The highest BCUT2D eigenvalue weighted by atomic mass is 16.2. The average Bonchev–Trinajstić information content (AvgIpc) is 3.42. The summed E-state index contributed by atoms with van der Waals surface area (Å²) in [5.74, 6) is 0.660. The summed E-state index contributed by atoms with van der Waals surface area (Å²) in [6.07, 6.45) is 10.3. The van der Waals surface area contributed by atoms with E-state index in [1.165, 1.54) is 5.57 Å². The molecule has 180 valence electrons. The summed E-state index contributed by atoms with van der Waals surface area (Å²) in [6, 6.07) is 16.2. The van der Waals surface area contributed by atoms with Gasteiger partial charge in [0.2, 0.25) is 0 Å². The molecule has 2 unspecified atom stereocenters. The minimum absolute atomic E-state index is 0.150. The minimum Gasteiger partial charge on any atom is -0.355 e. The van der Waals surface area contributed by atoms with Gasteiger partial charge < -0.3 is 10.3 Å². The van der Waals surface area contributed by atoms with Gasteiger partial charge in [0.25, 0.3) is 5.91 Å². The summed E-state index contributed by atoms with van der Waals surface area (Å²) in [7, 11) is 0. The zero-order valence-corrected chi connectivity index (χ0v) is 20.4. The lowest BCUT2D eigenvalue weighted by molar-refractivity contribution is -0.127. The van der Waals surface area contributed by atoms with Crippen LogP contribution in [0.1, 0.15) is 44.6 Å². The summed E-state index contributed by atoms with van der Waals surface area (Å²) >= 11 is 0. The van der Waals surface area contributed by atoms with E-state index in [0.29, 0.717) is 30.3 Å². The number of benzene rings is 2. The van der Waals surface area contributed by atoms with E-state index in [-0.39, 0.29) is 11.3 Å². The first kappa shape index (κ1) is 22.5. The Labute approximate surface area is 210 Å². The number of amides is 1. The van der Waals surface area contributed by atoms with E-state index in [1.54, 1.807) is 6.20 Å². The number of carbonyl (C=O) groups excluding carboxylic acids is 2. The second-order valence-electron chi connectivity index (χ2n) is 10.4. The van der Waals surface area contributed by atoms with Crippen LogP contribution in [0.5, 0.6) is 0 Å². The Balaban J connectivity index is 1.16. The van der Waals surface area contributed by atoms with Crippen molar-refractivity contribution in [3.8, 4) is 11.3 Å². The number of aliphatic imine (C=N–C) groups is 1. The maximum absolute atomic E-state index is 13.4. The van der Waals surface area contributed by atoms with Crippen LogP contribution in [-0.2, 0) is 16.0 Å². The first-order valence-corrected chi connectivity index (χ1v) is 12.7. The highest BCUT2D eigenvalue weighted by molar-refractivity contribution is 6.43. The maximum Gasteiger partial charge on any atom is 0.270 e. The molecule has 2 bridgehead atoms. The molecule has 1 fully saturated rings. The van der Waals surface area contributed by atoms with Crippen molar-refractivity contribution >= 4 is 34.0 Å². The third kappa shape index (κ3) is 4.16. The second-order valence-corrected chi connectivity index (χ2v) is 10.4. The fourth-order valence-electron chi connectivity index (χ4n) is 5.80. The van der Waals surface area contributed by atoms with Crippen molar-refractivity contribution in [1.29, 1.82) is 0 Å². The van der Waals surface area contributed by atoms with E-state index >= 15 is 0 Å². The van der Waals surface area contributed by atoms with Crippen LogP contribution in [0.3, 0.4) is 0 Å². The van der Waals surface area contributed by atoms with Crippen LogP contribution >= 0.6 is 0 Å². The van der Waals surface area contributed by atoms with Gasteiger partial charge in [-0.1, -0.05) is 31.2 Å². The third-order valence-corrected chi connectivity index (χ3v) is 7.84. The van der Waals surface area contributed by atoms with Gasteiger partial charge in [-0.05, 0) is 91.1 Å². The Morgan fingerprint density at radius 3 is 2.83 bits per heavy atom. The molecule has 1 aromatic heterocycles. The van der Waals surface area contributed by atoms with Crippen LogP contribution < -0.4 is 5.32 Å². The van der Waals surface area contributed by atoms with E-state index in [1.807, 2.05) is 30.3 Å². The fraction of sp³-hybridized carbons (Fsp3) is 0.290. The zero-order valence-electron chi connectivity index (χ0n) is 20.4. The van der Waals surface area contributed by atoms with Crippen molar-refractivity contribution in [3.05, 3.63) is 83.8 Å². The summed E-state index contributed by atoms with van der Waals surface area (Å²) in [5.41, 5.74) is 9.91. The Bertz CT molecular complexity index is 1500. The number of ketones is 1. The molecule has 1 aliphatic heterocycles. The monoisotopic (exact) mass is 475 g/mol. The lowest BCUT2D eigenvalue weighted by Gasteiger charge is -2.26. The molecule has 0 spiro atoms. The standard InChI is InChI=1S/C31H29N3O2/c1-20-18-31(13-4-5-23(20)19-31)29(35)16-21-7-12-26-24(15-21)17-28(34-26)22-8-10-25(11-9-22)33-30(36)27-6-2-3-14-32-27/h3-4,7-12,14-15,17,20,34H,2,6,13,16,18-19H2,1H3,(H,33,36). The van der Waals surface area contributed by atoms with Crippen LogP contribution in [0.4, 0.5) is 5.69 Å². The molecule has 2 aliphatic carbocycles. The summed E-state index contributed by atoms with van der Waals surface area (Å²) in [6.45, 7) is 2.22. The molecule has 5 heteroatoms. The molecule has 1 amide bonds. The van der Waals surface area contributed by atoms with Crippen molar-refractivity contribution in [3.63, 3.8) is 0 Å². The predicted molar refractivity (Wildman–Crippen MR) is 144 cm³/mol. The molecule has 2 aromatic carbocycles. The number of aromatic nitrogens is 1. The van der Waals surface area contributed by atoms with Crippen LogP contribution in [-0.4, -0.2) is 22.4 Å². The molecule has 0 radical (unpaired) electrons. The van der Waals surface area contributed by atoms with Crippen LogP contribution in [0, 0.1) is 11.3 Å². The molecular formula is C31H29N3O2. The van der Waals surface area contributed by atoms with Crippen molar-refractivity contribution in [1.82, 2.24) is 4.98 Å². The van der Waals surface area contributed by atoms with E-state index in [9.17, 15) is 9.59 Å². The number of carbonyl (C=O) groups is 2.